The van der Waals surface area contributed by atoms with Crippen molar-refractivity contribution < 1.29 is 4.79 Å². The molecule has 17 heavy (non-hydrogen) atoms. The molecular formula is C12H18N4O. The van der Waals surface area contributed by atoms with Crippen molar-refractivity contribution in [3.05, 3.63) is 18.7 Å². The first-order valence-corrected chi connectivity index (χ1v) is 6.37. The van der Waals surface area contributed by atoms with E-state index in [1.807, 2.05) is 12.5 Å². The fourth-order valence-corrected chi connectivity index (χ4v) is 2.55. The van der Waals surface area contributed by atoms with Gasteiger partial charge in [-0.2, -0.15) is 0 Å². The van der Waals surface area contributed by atoms with Crippen LogP contribution in [0.15, 0.2) is 18.7 Å². The van der Waals surface area contributed by atoms with Gasteiger partial charge in [-0.3, -0.25) is 0 Å². The monoisotopic (exact) mass is 234 g/mol. The van der Waals surface area contributed by atoms with Gasteiger partial charge in [0.25, 0.3) is 0 Å². The van der Waals surface area contributed by atoms with Crippen molar-refractivity contribution in [2.75, 3.05) is 0 Å². The van der Waals surface area contributed by atoms with Crippen LogP contribution in [0.4, 0.5) is 4.79 Å². The van der Waals surface area contributed by atoms with Gasteiger partial charge >= 0.3 is 6.03 Å². The quantitative estimate of drug-likeness (QED) is 0.831. The van der Waals surface area contributed by atoms with Gasteiger partial charge in [0.1, 0.15) is 0 Å². The lowest BCUT2D eigenvalue weighted by Gasteiger charge is -2.22. The highest BCUT2D eigenvalue weighted by Gasteiger charge is 2.31. The van der Waals surface area contributed by atoms with Gasteiger partial charge < -0.3 is 15.2 Å². The Balaban J connectivity index is 1.59. The molecule has 92 valence electrons. The molecule has 2 N–H and O–H groups in total. The first-order valence-electron chi connectivity index (χ1n) is 6.37. The molecule has 5 heteroatoms. The molecular weight excluding hydrogens is 216 g/mol. The predicted molar refractivity (Wildman–Crippen MR) is 63.6 cm³/mol. The Hall–Kier alpha value is -1.52. The summed E-state index contributed by atoms with van der Waals surface area (Å²) in [6, 6.07) is 1.01. The standard InChI is InChI=1S/C12H18N4O/c17-12(14-9-4-5-9)15-10-2-1-3-11(10)16-7-6-13-8-16/h6-11H,1-5H2,(H2,14,15,17)/t10-,11-/m1/s1. The van der Waals surface area contributed by atoms with Crippen molar-refractivity contribution in [2.45, 2.75) is 50.2 Å². The Kier molecular flexibility index (Phi) is 2.74. The highest BCUT2D eigenvalue weighted by atomic mass is 16.2. The molecule has 0 aromatic carbocycles. The summed E-state index contributed by atoms with van der Waals surface area (Å²) in [6.07, 6.45) is 11.2. The van der Waals surface area contributed by atoms with E-state index < -0.39 is 0 Å². The SMILES string of the molecule is O=C(NC1CC1)N[C@@H]1CCC[C@H]1n1ccnc1. The van der Waals surface area contributed by atoms with Crippen LogP contribution in [0.5, 0.6) is 0 Å². The second-order valence-electron chi connectivity index (χ2n) is 5.01. The lowest BCUT2D eigenvalue weighted by atomic mass is 10.2. The summed E-state index contributed by atoms with van der Waals surface area (Å²) in [5.41, 5.74) is 0. The van der Waals surface area contributed by atoms with Crippen LogP contribution in [0.1, 0.15) is 38.1 Å². The molecule has 0 radical (unpaired) electrons. The Morgan fingerprint density at radius 3 is 2.82 bits per heavy atom. The molecule has 2 amide bonds. The zero-order valence-electron chi connectivity index (χ0n) is 9.80. The van der Waals surface area contributed by atoms with Gasteiger partial charge in [-0.1, -0.05) is 0 Å². The van der Waals surface area contributed by atoms with Crippen molar-refractivity contribution in [3.8, 4) is 0 Å². The molecule has 5 nitrogen and oxygen atoms in total. The number of amides is 2. The first-order chi connectivity index (χ1) is 8.33. The van der Waals surface area contributed by atoms with E-state index in [0.717, 1.165) is 32.1 Å². The summed E-state index contributed by atoms with van der Waals surface area (Å²) in [5.74, 6) is 0. The number of carbonyl (C=O) groups is 1. The van der Waals surface area contributed by atoms with E-state index in [-0.39, 0.29) is 12.1 Å². The van der Waals surface area contributed by atoms with E-state index in [0.29, 0.717) is 12.1 Å². The summed E-state index contributed by atoms with van der Waals surface area (Å²) in [7, 11) is 0. The van der Waals surface area contributed by atoms with E-state index in [2.05, 4.69) is 20.2 Å². The summed E-state index contributed by atoms with van der Waals surface area (Å²) in [6.45, 7) is 0. The third-order valence-electron chi connectivity index (χ3n) is 3.62. The maximum absolute atomic E-state index is 11.7. The number of nitrogens with zero attached hydrogens (tertiary/aromatic N) is 2. The van der Waals surface area contributed by atoms with Gasteiger partial charge in [-0.25, -0.2) is 9.78 Å². The number of urea groups is 1. The molecule has 0 unspecified atom stereocenters. The molecule has 0 saturated heterocycles. The van der Waals surface area contributed by atoms with Gasteiger partial charge in [0.15, 0.2) is 0 Å². The average Bonchev–Trinajstić information content (AvgIpc) is 2.83. The number of imidazole rings is 1. The normalized spacial score (nSPS) is 28.0. The molecule has 1 aromatic heterocycles. The lowest BCUT2D eigenvalue weighted by Crippen LogP contribution is -2.44. The number of rotatable bonds is 3. The minimum absolute atomic E-state index is 0.00971. The minimum atomic E-state index is -0.00971. The Morgan fingerprint density at radius 1 is 1.24 bits per heavy atom. The van der Waals surface area contributed by atoms with Crippen LogP contribution in [-0.2, 0) is 0 Å². The smallest absolute Gasteiger partial charge is 0.315 e. The Bertz CT molecular complexity index is 385. The summed E-state index contributed by atoms with van der Waals surface area (Å²) in [5, 5.41) is 6.06. The van der Waals surface area contributed by atoms with E-state index in [4.69, 9.17) is 0 Å². The maximum Gasteiger partial charge on any atom is 0.315 e. The number of nitrogens with one attached hydrogen (secondary N) is 2. The summed E-state index contributed by atoms with van der Waals surface area (Å²) < 4.78 is 2.11. The molecule has 2 atom stereocenters. The van der Waals surface area contributed by atoms with Crippen molar-refractivity contribution in [3.63, 3.8) is 0 Å². The molecule has 2 saturated carbocycles. The van der Waals surface area contributed by atoms with Crippen LogP contribution in [0, 0.1) is 0 Å². The lowest BCUT2D eigenvalue weighted by molar-refractivity contribution is 0.233. The highest BCUT2D eigenvalue weighted by Crippen LogP contribution is 2.30. The number of hydrogen-bond acceptors (Lipinski definition) is 2. The maximum atomic E-state index is 11.7. The van der Waals surface area contributed by atoms with Crippen LogP contribution in [-0.4, -0.2) is 27.7 Å². The average molecular weight is 234 g/mol. The number of aromatic nitrogens is 2. The Labute approximate surface area is 101 Å². The predicted octanol–water partition coefficient (Wildman–Crippen LogP) is 1.44. The van der Waals surface area contributed by atoms with E-state index in [9.17, 15) is 4.79 Å². The molecule has 0 aliphatic heterocycles. The zero-order chi connectivity index (χ0) is 11.7. The van der Waals surface area contributed by atoms with E-state index in [1.165, 1.54) is 0 Å². The molecule has 2 aliphatic carbocycles. The molecule has 3 rings (SSSR count). The van der Waals surface area contributed by atoms with Gasteiger partial charge in [0.2, 0.25) is 0 Å². The fourth-order valence-electron chi connectivity index (χ4n) is 2.55. The van der Waals surface area contributed by atoms with Crippen LogP contribution in [0.25, 0.3) is 0 Å². The molecule has 1 heterocycles. The van der Waals surface area contributed by atoms with Crippen LogP contribution in [0.3, 0.4) is 0 Å². The Morgan fingerprint density at radius 2 is 2.12 bits per heavy atom. The van der Waals surface area contributed by atoms with Crippen LogP contribution >= 0.6 is 0 Å². The van der Waals surface area contributed by atoms with Gasteiger partial charge in [-0.05, 0) is 32.1 Å². The summed E-state index contributed by atoms with van der Waals surface area (Å²) in [4.78, 5) is 15.8. The molecule has 1 aromatic rings. The van der Waals surface area contributed by atoms with Crippen molar-refractivity contribution >= 4 is 6.03 Å². The van der Waals surface area contributed by atoms with Crippen molar-refractivity contribution in [2.24, 2.45) is 0 Å². The second-order valence-corrected chi connectivity index (χ2v) is 5.01. The molecule has 2 aliphatic rings. The molecule has 0 spiro atoms. The van der Waals surface area contributed by atoms with Gasteiger partial charge in [0.05, 0.1) is 18.4 Å². The largest absolute Gasteiger partial charge is 0.335 e. The fraction of sp³-hybridized carbons (Fsp3) is 0.667. The zero-order valence-corrected chi connectivity index (χ0v) is 9.80. The van der Waals surface area contributed by atoms with E-state index in [1.54, 1.807) is 6.20 Å². The molecule has 0 bridgehead atoms. The van der Waals surface area contributed by atoms with Crippen LogP contribution in [0.2, 0.25) is 0 Å². The third-order valence-corrected chi connectivity index (χ3v) is 3.62. The minimum Gasteiger partial charge on any atom is -0.335 e. The third kappa shape index (κ3) is 2.43. The van der Waals surface area contributed by atoms with Gasteiger partial charge in [0, 0.05) is 18.4 Å². The van der Waals surface area contributed by atoms with Crippen molar-refractivity contribution in [1.29, 1.82) is 0 Å². The second kappa shape index (κ2) is 4.39. The summed E-state index contributed by atoms with van der Waals surface area (Å²) >= 11 is 0. The number of carbonyl (C=O) groups excluding carboxylic acids is 1. The first kappa shape index (κ1) is 10.6. The van der Waals surface area contributed by atoms with Gasteiger partial charge in [-0.15, -0.1) is 0 Å². The van der Waals surface area contributed by atoms with E-state index >= 15 is 0 Å². The molecule has 2 fully saturated rings. The number of hydrogen-bond donors (Lipinski definition) is 2. The highest BCUT2D eigenvalue weighted by molar-refractivity contribution is 5.75. The van der Waals surface area contributed by atoms with Crippen molar-refractivity contribution in [1.82, 2.24) is 20.2 Å². The topological polar surface area (TPSA) is 59.0 Å². The van der Waals surface area contributed by atoms with Crippen LogP contribution < -0.4 is 10.6 Å².